The molecule has 0 spiro atoms. The average Bonchev–Trinajstić information content (AvgIpc) is 2.49. The molecular formula is C18H27N3O2. The lowest BCUT2D eigenvalue weighted by Crippen LogP contribution is -2.52. The second-order valence-corrected chi connectivity index (χ2v) is 7.21. The summed E-state index contributed by atoms with van der Waals surface area (Å²) in [5.41, 5.74) is 0.551. The van der Waals surface area contributed by atoms with Crippen molar-refractivity contribution in [2.75, 3.05) is 11.9 Å². The third-order valence-electron chi connectivity index (χ3n) is 4.18. The number of amides is 2. The number of hydrogen-bond donors (Lipinski definition) is 3. The smallest absolute Gasteiger partial charge is 0.253 e. The van der Waals surface area contributed by atoms with Gasteiger partial charge >= 0.3 is 0 Å². The van der Waals surface area contributed by atoms with E-state index < -0.39 is 5.41 Å². The SMILES string of the molecule is CC1NCCCC1NC(=O)c1ccccc1NC(=O)C(C)(C)C. The number of carbonyl (C=O) groups is 2. The van der Waals surface area contributed by atoms with Gasteiger partial charge in [0.2, 0.25) is 5.91 Å². The van der Waals surface area contributed by atoms with Gasteiger partial charge in [0, 0.05) is 17.5 Å². The second-order valence-electron chi connectivity index (χ2n) is 7.21. The minimum atomic E-state index is -0.509. The monoisotopic (exact) mass is 317 g/mol. The van der Waals surface area contributed by atoms with Crippen LogP contribution in [0.5, 0.6) is 0 Å². The van der Waals surface area contributed by atoms with Crippen LogP contribution in [0.25, 0.3) is 0 Å². The van der Waals surface area contributed by atoms with Gasteiger partial charge in [-0.3, -0.25) is 9.59 Å². The highest BCUT2D eigenvalue weighted by Crippen LogP contribution is 2.21. The molecule has 23 heavy (non-hydrogen) atoms. The van der Waals surface area contributed by atoms with Crippen molar-refractivity contribution in [2.24, 2.45) is 5.41 Å². The molecule has 1 fully saturated rings. The highest BCUT2D eigenvalue weighted by Gasteiger charge is 2.25. The van der Waals surface area contributed by atoms with Gasteiger partial charge in [0.05, 0.1) is 11.3 Å². The van der Waals surface area contributed by atoms with Crippen molar-refractivity contribution in [3.05, 3.63) is 29.8 Å². The lowest BCUT2D eigenvalue weighted by molar-refractivity contribution is -0.123. The van der Waals surface area contributed by atoms with Crippen LogP contribution in [0.15, 0.2) is 24.3 Å². The van der Waals surface area contributed by atoms with E-state index in [0.717, 1.165) is 19.4 Å². The zero-order valence-corrected chi connectivity index (χ0v) is 14.4. The highest BCUT2D eigenvalue weighted by molar-refractivity contribution is 6.04. The number of para-hydroxylation sites is 1. The van der Waals surface area contributed by atoms with Crippen molar-refractivity contribution in [3.8, 4) is 0 Å². The maximum atomic E-state index is 12.6. The molecule has 1 aromatic carbocycles. The van der Waals surface area contributed by atoms with Crippen LogP contribution in [-0.2, 0) is 4.79 Å². The fourth-order valence-corrected chi connectivity index (χ4v) is 2.59. The van der Waals surface area contributed by atoms with Gasteiger partial charge in [-0.25, -0.2) is 0 Å². The Labute approximate surface area is 138 Å². The van der Waals surface area contributed by atoms with Gasteiger partial charge in [0.15, 0.2) is 0 Å². The summed E-state index contributed by atoms with van der Waals surface area (Å²) in [6.07, 6.45) is 2.02. The molecule has 126 valence electrons. The third kappa shape index (κ3) is 4.55. The summed E-state index contributed by atoms with van der Waals surface area (Å²) in [5.74, 6) is -0.249. The third-order valence-corrected chi connectivity index (χ3v) is 4.18. The molecule has 2 rings (SSSR count). The van der Waals surface area contributed by atoms with Crippen molar-refractivity contribution in [2.45, 2.75) is 52.6 Å². The molecule has 1 heterocycles. The fraction of sp³-hybridized carbons (Fsp3) is 0.556. The Morgan fingerprint density at radius 2 is 1.91 bits per heavy atom. The molecule has 2 atom stereocenters. The van der Waals surface area contributed by atoms with Crippen LogP contribution in [-0.4, -0.2) is 30.4 Å². The number of rotatable bonds is 3. The lowest BCUT2D eigenvalue weighted by atomic mass is 9.95. The Morgan fingerprint density at radius 3 is 2.57 bits per heavy atom. The largest absolute Gasteiger partial charge is 0.348 e. The molecule has 2 amide bonds. The lowest BCUT2D eigenvalue weighted by Gasteiger charge is -2.31. The van der Waals surface area contributed by atoms with Gasteiger partial charge in [0.1, 0.15) is 0 Å². The Hall–Kier alpha value is -1.88. The van der Waals surface area contributed by atoms with Crippen LogP contribution >= 0.6 is 0 Å². The van der Waals surface area contributed by atoms with Gasteiger partial charge in [0.25, 0.3) is 5.91 Å². The molecule has 1 aliphatic rings. The Kier molecular flexibility index (Phi) is 5.42. The summed E-state index contributed by atoms with van der Waals surface area (Å²) < 4.78 is 0. The summed E-state index contributed by atoms with van der Waals surface area (Å²) >= 11 is 0. The molecule has 1 saturated heterocycles. The molecular weight excluding hydrogens is 290 g/mol. The van der Waals surface area contributed by atoms with E-state index in [1.54, 1.807) is 12.1 Å². The molecule has 0 aromatic heterocycles. The average molecular weight is 317 g/mol. The van der Waals surface area contributed by atoms with Crippen LogP contribution in [0, 0.1) is 5.41 Å². The molecule has 2 unspecified atom stereocenters. The Balaban J connectivity index is 2.12. The van der Waals surface area contributed by atoms with Crippen molar-refractivity contribution in [1.82, 2.24) is 10.6 Å². The predicted octanol–water partition coefficient (Wildman–Crippen LogP) is 2.54. The molecule has 1 aromatic rings. The molecule has 0 aliphatic carbocycles. The molecule has 5 heteroatoms. The van der Waals surface area contributed by atoms with Crippen molar-refractivity contribution >= 4 is 17.5 Å². The summed E-state index contributed by atoms with van der Waals surface area (Å²) in [4.78, 5) is 24.8. The Bertz CT molecular complexity index is 578. The molecule has 0 saturated carbocycles. The van der Waals surface area contributed by atoms with Gasteiger partial charge in [-0.05, 0) is 38.4 Å². The summed E-state index contributed by atoms with van der Waals surface area (Å²) in [7, 11) is 0. The maximum Gasteiger partial charge on any atom is 0.253 e. The fourth-order valence-electron chi connectivity index (χ4n) is 2.59. The molecule has 1 aliphatic heterocycles. The standard InChI is InChI=1S/C18H27N3O2/c1-12-14(10-7-11-19-12)20-16(22)13-8-5-6-9-15(13)21-17(23)18(2,3)4/h5-6,8-9,12,14,19H,7,10-11H2,1-4H3,(H,20,22)(H,21,23). The number of nitrogens with one attached hydrogen (secondary N) is 3. The van der Waals surface area contributed by atoms with Crippen LogP contribution in [0.4, 0.5) is 5.69 Å². The highest BCUT2D eigenvalue weighted by atomic mass is 16.2. The topological polar surface area (TPSA) is 70.2 Å². The van der Waals surface area contributed by atoms with Crippen LogP contribution in [0.3, 0.4) is 0 Å². The van der Waals surface area contributed by atoms with Crippen LogP contribution in [0.2, 0.25) is 0 Å². The predicted molar refractivity (Wildman–Crippen MR) is 92.5 cm³/mol. The first-order valence-electron chi connectivity index (χ1n) is 8.24. The summed E-state index contributed by atoms with van der Waals surface area (Å²) in [6.45, 7) is 8.62. The van der Waals surface area contributed by atoms with E-state index >= 15 is 0 Å². The summed E-state index contributed by atoms with van der Waals surface area (Å²) in [5, 5.41) is 9.32. The first-order valence-corrected chi connectivity index (χ1v) is 8.24. The number of hydrogen-bond acceptors (Lipinski definition) is 3. The first kappa shape index (κ1) is 17.5. The van der Waals surface area contributed by atoms with E-state index in [4.69, 9.17) is 0 Å². The van der Waals surface area contributed by atoms with Crippen molar-refractivity contribution in [3.63, 3.8) is 0 Å². The minimum Gasteiger partial charge on any atom is -0.348 e. The van der Waals surface area contributed by atoms with Crippen molar-refractivity contribution < 1.29 is 9.59 Å². The number of piperidine rings is 1. The minimum absolute atomic E-state index is 0.106. The van der Waals surface area contributed by atoms with E-state index in [1.165, 1.54) is 0 Å². The second kappa shape index (κ2) is 7.13. The summed E-state index contributed by atoms with van der Waals surface area (Å²) in [6, 6.07) is 7.51. The Morgan fingerprint density at radius 1 is 1.22 bits per heavy atom. The van der Waals surface area contributed by atoms with Gasteiger partial charge in [-0.2, -0.15) is 0 Å². The van der Waals surface area contributed by atoms with E-state index in [9.17, 15) is 9.59 Å². The molecule has 0 bridgehead atoms. The molecule has 0 radical (unpaired) electrons. The number of benzene rings is 1. The van der Waals surface area contributed by atoms with Crippen LogP contribution < -0.4 is 16.0 Å². The molecule has 3 N–H and O–H groups in total. The van der Waals surface area contributed by atoms with Crippen molar-refractivity contribution in [1.29, 1.82) is 0 Å². The van der Waals surface area contributed by atoms with Gasteiger partial charge in [-0.1, -0.05) is 32.9 Å². The van der Waals surface area contributed by atoms with E-state index in [1.807, 2.05) is 32.9 Å². The van der Waals surface area contributed by atoms with E-state index in [2.05, 4.69) is 22.9 Å². The molecule has 5 nitrogen and oxygen atoms in total. The van der Waals surface area contributed by atoms with Gasteiger partial charge < -0.3 is 16.0 Å². The maximum absolute atomic E-state index is 12.6. The van der Waals surface area contributed by atoms with E-state index in [-0.39, 0.29) is 23.9 Å². The zero-order valence-electron chi connectivity index (χ0n) is 14.4. The zero-order chi connectivity index (χ0) is 17.0. The number of anilines is 1. The normalized spacial score (nSPS) is 21.6. The van der Waals surface area contributed by atoms with Crippen LogP contribution in [0.1, 0.15) is 50.9 Å². The quantitative estimate of drug-likeness (QED) is 0.802. The van der Waals surface area contributed by atoms with E-state index in [0.29, 0.717) is 11.3 Å². The first-order chi connectivity index (χ1) is 10.8. The number of carbonyl (C=O) groups excluding carboxylic acids is 2. The van der Waals surface area contributed by atoms with Gasteiger partial charge in [-0.15, -0.1) is 0 Å².